The van der Waals surface area contributed by atoms with Gasteiger partial charge in [-0.05, 0) is 6.92 Å². The highest BCUT2D eigenvalue weighted by Gasteiger charge is 2.51. The highest BCUT2D eigenvalue weighted by molar-refractivity contribution is 5.93. The van der Waals surface area contributed by atoms with E-state index in [2.05, 4.69) is 9.47 Å². The number of amides is 2. The first kappa shape index (κ1) is 10.3. The van der Waals surface area contributed by atoms with Crippen molar-refractivity contribution >= 4 is 18.0 Å². The maximum Gasteiger partial charge on any atom is 0.509 e. The molecule has 0 aromatic rings. The van der Waals surface area contributed by atoms with Gasteiger partial charge in [0.1, 0.15) is 12.5 Å². The Kier molecular flexibility index (Phi) is 2.33. The molecule has 78 valence electrons. The quantitative estimate of drug-likeness (QED) is 0.527. The van der Waals surface area contributed by atoms with Crippen molar-refractivity contribution in [3.63, 3.8) is 0 Å². The third kappa shape index (κ3) is 1.48. The summed E-state index contributed by atoms with van der Waals surface area (Å²) in [6, 6.07) is 0. The molecule has 1 heterocycles. The Labute approximate surface area is 79.3 Å². The van der Waals surface area contributed by atoms with E-state index in [9.17, 15) is 14.4 Å². The highest BCUT2D eigenvalue weighted by Crippen LogP contribution is 2.26. The molecule has 2 amide bonds. The number of hydrogen-bond donors (Lipinski definition) is 2. The molecule has 0 aliphatic carbocycles. The average molecular weight is 202 g/mol. The van der Waals surface area contributed by atoms with Crippen LogP contribution >= 0.6 is 0 Å². The van der Waals surface area contributed by atoms with Crippen LogP contribution in [0.5, 0.6) is 0 Å². The summed E-state index contributed by atoms with van der Waals surface area (Å²) in [5.41, 5.74) is 8.30. The molecule has 2 atom stereocenters. The van der Waals surface area contributed by atoms with Crippen LogP contribution in [0, 0.1) is 5.92 Å². The van der Waals surface area contributed by atoms with E-state index in [0.29, 0.717) is 0 Å². The number of carbonyl (C=O) groups is 3. The minimum Gasteiger partial charge on any atom is -0.433 e. The molecule has 1 aliphatic rings. The minimum atomic E-state index is -1.72. The number of carbonyl (C=O) groups excluding carboxylic acids is 3. The first-order chi connectivity index (χ1) is 6.38. The van der Waals surface area contributed by atoms with E-state index in [0.717, 1.165) is 0 Å². The van der Waals surface area contributed by atoms with E-state index < -0.39 is 29.5 Å². The second-order valence-electron chi connectivity index (χ2n) is 3.09. The first-order valence-electron chi connectivity index (χ1n) is 3.83. The Bertz CT molecular complexity index is 302. The summed E-state index contributed by atoms with van der Waals surface area (Å²) < 4.78 is 9.00. The molecule has 1 aliphatic heterocycles. The predicted octanol–water partition coefficient (Wildman–Crippen LogP) is -1.50. The van der Waals surface area contributed by atoms with Gasteiger partial charge in [0, 0.05) is 0 Å². The highest BCUT2D eigenvalue weighted by atomic mass is 16.7. The van der Waals surface area contributed by atoms with Crippen molar-refractivity contribution in [1.82, 2.24) is 0 Å². The molecule has 0 saturated carbocycles. The Morgan fingerprint density at radius 3 is 2.50 bits per heavy atom. The van der Waals surface area contributed by atoms with Crippen LogP contribution in [0.1, 0.15) is 6.92 Å². The van der Waals surface area contributed by atoms with E-state index in [-0.39, 0.29) is 6.61 Å². The molecule has 0 spiro atoms. The van der Waals surface area contributed by atoms with Crippen LogP contribution in [0.3, 0.4) is 0 Å². The largest absolute Gasteiger partial charge is 0.509 e. The number of rotatable bonds is 2. The van der Waals surface area contributed by atoms with E-state index in [1.54, 1.807) is 0 Å². The van der Waals surface area contributed by atoms with Crippen molar-refractivity contribution < 1.29 is 23.9 Å². The predicted molar refractivity (Wildman–Crippen MR) is 42.7 cm³/mol. The summed E-state index contributed by atoms with van der Waals surface area (Å²) in [6.07, 6.45) is -1.04. The van der Waals surface area contributed by atoms with Crippen LogP contribution in [-0.2, 0) is 19.1 Å². The molecule has 1 rings (SSSR count). The average Bonchev–Trinajstić information content (AvgIpc) is 2.02. The lowest BCUT2D eigenvalue weighted by atomic mass is 9.87. The second kappa shape index (κ2) is 3.17. The monoisotopic (exact) mass is 202 g/mol. The SMILES string of the molecule is CC1(C(N)=O)OC(=O)OCC1C(N)=O. The van der Waals surface area contributed by atoms with Crippen molar-refractivity contribution in [2.45, 2.75) is 12.5 Å². The van der Waals surface area contributed by atoms with Gasteiger partial charge in [0.2, 0.25) is 11.5 Å². The van der Waals surface area contributed by atoms with Gasteiger partial charge in [-0.2, -0.15) is 0 Å². The Hall–Kier alpha value is -1.79. The fourth-order valence-electron chi connectivity index (χ4n) is 1.16. The summed E-state index contributed by atoms with van der Waals surface area (Å²) in [5, 5.41) is 0. The van der Waals surface area contributed by atoms with Crippen molar-refractivity contribution in [2.75, 3.05) is 6.61 Å². The van der Waals surface area contributed by atoms with Gasteiger partial charge in [-0.25, -0.2) is 4.79 Å². The summed E-state index contributed by atoms with van der Waals surface area (Å²) in [5.74, 6) is -2.80. The molecule has 1 saturated heterocycles. The number of ether oxygens (including phenoxy) is 2. The summed E-state index contributed by atoms with van der Waals surface area (Å²) in [7, 11) is 0. The molecule has 4 N–H and O–H groups in total. The number of nitrogens with two attached hydrogens (primary N) is 2. The molecule has 2 unspecified atom stereocenters. The lowest BCUT2D eigenvalue weighted by molar-refractivity contribution is -0.164. The molecule has 1 fully saturated rings. The number of hydrogen-bond acceptors (Lipinski definition) is 5. The van der Waals surface area contributed by atoms with E-state index in [1.807, 2.05) is 0 Å². The van der Waals surface area contributed by atoms with Gasteiger partial charge < -0.3 is 20.9 Å². The van der Waals surface area contributed by atoms with Gasteiger partial charge in [-0.3, -0.25) is 9.59 Å². The minimum absolute atomic E-state index is 0.298. The zero-order valence-electron chi connectivity index (χ0n) is 7.48. The topological polar surface area (TPSA) is 122 Å². The zero-order valence-corrected chi connectivity index (χ0v) is 7.48. The fraction of sp³-hybridized carbons (Fsp3) is 0.571. The first-order valence-corrected chi connectivity index (χ1v) is 3.83. The van der Waals surface area contributed by atoms with E-state index >= 15 is 0 Å². The number of cyclic esters (lactones) is 2. The van der Waals surface area contributed by atoms with Crippen LogP contribution < -0.4 is 11.5 Å². The third-order valence-corrected chi connectivity index (χ3v) is 2.16. The fourth-order valence-corrected chi connectivity index (χ4v) is 1.16. The lowest BCUT2D eigenvalue weighted by Gasteiger charge is -2.35. The van der Waals surface area contributed by atoms with Crippen LogP contribution in [0.2, 0.25) is 0 Å². The Morgan fingerprint density at radius 1 is 1.50 bits per heavy atom. The molecule has 14 heavy (non-hydrogen) atoms. The van der Waals surface area contributed by atoms with E-state index in [1.165, 1.54) is 6.92 Å². The molecule has 0 aromatic carbocycles. The third-order valence-electron chi connectivity index (χ3n) is 2.16. The van der Waals surface area contributed by atoms with Crippen molar-refractivity contribution in [2.24, 2.45) is 17.4 Å². The van der Waals surface area contributed by atoms with Crippen molar-refractivity contribution in [3.05, 3.63) is 0 Å². The normalized spacial score (nSPS) is 31.5. The maximum atomic E-state index is 11.0. The van der Waals surface area contributed by atoms with Gasteiger partial charge in [-0.1, -0.05) is 0 Å². The molecular weight excluding hydrogens is 192 g/mol. The summed E-state index contributed by atoms with van der Waals surface area (Å²) >= 11 is 0. The van der Waals surface area contributed by atoms with Crippen LogP contribution in [0.15, 0.2) is 0 Å². The molecule has 7 heteroatoms. The standard InChI is InChI=1S/C7H10N2O5/c1-7(5(9)11)3(4(8)10)2-13-6(12)14-7/h3H,2H2,1H3,(H2,8,10)(H2,9,11). The van der Waals surface area contributed by atoms with Crippen LogP contribution in [0.4, 0.5) is 4.79 Å². The van der Waals surface area contributed by atoms with E-state index in [4.69, 9.17) is 11.5 Å². The zero-order chi connectivity index (χ0) is 10.9. The van der Waals surface area contributed by atoms with Gasteiger partial charge in [0.25, 0.3) is 5.91 Å². The Morgan fingerprint density at radius 2 is 2.07 bits per heavy atom. The lowest BCUT2D eigenvalue weighted by Crippen LogP contribution is -2.59. The maximum absolute atomic E-state index is 11.0. The molecule has 7 nitrogen and oxygen atoms in total. The summed E-state index contributed by atoms with van der Waals surface area (Å²) in [6.45, 7) is 0.929. The number of primary amides is 2. The van der Waals surface area contributed by atoms with Crippen molar-refractivity contribution in [3.8, 4) is 0 Å². The molecule has 0 radical (unpaired) electrons. The van der Waals surface area contributed by atoms with Gasteiger partial charge in [0.15, 0.2) is 0 Å². The molecule has 0 bridgehead atoms. The Balaban J connectivity index is 3.00. The smallest absolute Gasteiger partial charge is 0.433 e. The molecule has 0 aromatic heterocycles. The van der Waals surface area contributed by atoms with Gasteiger partial charge >= 0.3 is 6.16 Å². The van der Waals surface area contributed by atoms with Gasteiger partial charge in [0.05, 0.1) is 0 Å². The van der Waals surface area contributed by atoms with Crippen LogP contribution in [-0.4, -0.2) is 30.2 Å². The van der Waals surface area contributed by atoms with Crippen LogP contribution in [0.25, 0.3) is 0 Å². The second-order valence-corrected chi connectivity index (χ2v) is 3.09. The van der Waals surface area contributed by atoms with Crippen molar-refractivity contribution in [1.29, 1.82) is 0 Å². The van der Waals surface area contributed by atoms with Gasteiger partial charge in [-0.15, -0.1) is 0 Å². The summed E-state index contributed by atoms with van der Waals surface area (Å²) in [4.78, 5) is 32.7. The molecular formula is C7H10N2O5.